The SMILES string of the molecule is CC(C)(C)OC(=O)NCCOCCOc1cc2cc(c1)OCCOCCOCCOCCOc1ccc(cc1)-c1ccc3ccc4ccc(nc4c3n1)-c1ccc(cc1)OCCCCCCO2. The molecule has 6 aromatic rings. The Morgan fingerprint density at radius 3 is 1.51 bits per heavy atom. The van der Waals surface area contributed by atoms with Gasteiger partial charge in [-0.05, 0) is 107 Å². The molecule has 0 spiro atoms. The van der Waals surface area contributed by atoms with Crippen LogP contribution in [0.5, 0.6) is 28.7 Å². The van der Waals surface area contributed by atoms with Crippen LogP contribution in [-0.4, -0.2) is 114 Å². The Kier molecular flexibility index (Phi) is 18.7. The number of carbonyl (C=O) groups is 1. The maximum absolute atomic E-state index is 11.9. The number of nitrogens with zero attached hydrogens (tertiary/aromatic N) is 2. The fourth-order valence-corrected chi connectivity index (χ4v) is 7.11. The first-order valence-electron chi connectivity index (χ1n) is 23.2. The highest BCUT2D eigenvalue weighted by molar-refractivity contribution is 6.04. The molecule has 0 aliphatic carbocycles. The predicted octanol–water partition coefficient (Wildman–Crippen LogP) is 9.88. The van der Waals surface area contributed by atoms with E-state index >= 15 is 0 Å². The van der Waals surface area contributed by atoms with Crippen molar-refractivity contribution >= 4 is 27.9 Å². The van der Waals surface area contributed by atoms with Crippen LogP contribution in [0, 0.1) is 0 Å². The van der Waals surface area contributed by atoms with Gasteiger partial charge in [0.1, 0.15) is 54.2 Å². The van der Waals surface area contributed by atoms with E-state index in [-0.39, 0.29) is 0 Å². The molecule has 3 aliphatic heterocycles. The third kappa shape index (κ3) is 16.3. The predicted molar refractivity (Wildman–Crippen MR) is 258 cm³/mol. The molecule has 1 N–H and O–H groups in total. The van der Waals surface area contributed by atoms with E-state index in [4.69, 9.17) is 57.3 Å². The summed E-state index contributed by atoms with van der Waals surface area (Å²) in [5.41, 5.74) is 4.89. The van der Waals surface area contributed by atoms with Crippen LogP contribution in [-0.2, 0) is 23.7 Å². The number of benzene rings is 4. The van der Waals surface area contributed by atoms with Crippen LogP contribution in [0.2, 0.25) is 0 Å². The monoisotopic (exact) mass is 917 g/mol. The van der Waals surface area contributed by atoms with E-state index in [1.807, 2.05) is 81.4 Å². The summed E-state index contributed by atoms with van der Waals surface area (Å²) in [4.78, 5) is 22.1. The van der Waals surface area contributed by atoms with Gasteiger partial charge in [0.15, 0.2) is 0 Å². The van der Waals surface area contributed by atoms with Gasteiger partial charge >= 0.3 is 6.09 Å². The van der Waals surface area contributed by atoms with Crippen LogP contribution in [0.15, 0.2) is 103 Å². The van der Waals surface area contributed by atoms with Gasteiger partial charge in [0.25, 0.3) is 0 Å². The molecule has 1 amide bonds. The lowest BCUT2D eigenvalue weighted by Crippen LogP contribution is -2.34. The highest BCUT2D eigenvalue weighted by Crippen LogP contribution is 2.31. The molecule has 356 valence electrons. The number of amides is 1. The molecule has 3 aliphatic rings. The minimum atomic E-state index is -0.558. The Hall–Kier alpha value is -6.19. The number of aromatic nitrogens is 2. The molecule has 0 unspecified atom stereocenters. The number of ether oxygens (including phenoxy) is 10. The second kappa shape index (κ2) is 25.6. The Balaban J connectivity index is 0.929. The average molecular weight is 918 g/mol. The molecular formula is C53H63N3O11. The van der Waals surface area contributed by atoms with Crippen LogP contribution in [0.4, 0.5) is 4.79 Å². The normalized spacial score (nSPS) is 15.2. The molecule has 67 heavy (non-hydrogen) atoms. The minimum absolute atomic E-state index is 0.301. The van der Waals surface area contributed by atoms with Gasteiger partial charge in [0, 0.05) is 46.6 Å². The third-order valence-corrected chi connectivity index (χ3v) is 10.4. The molecule has 0 fully saturated rings. The summed E-state index contributed by atoms with van der Waals surface area (Å²) < 4.78 is 58.3. The Morgan fingerprint density at radius 1 is 0.522 bits per heavy atom. The molecule has 0 saturated carbocycles. The van der Waals surface area contributed by atoms with Crippen LogP contribution in [0.1, 0.15) is 46.5 Å². The van der Waals surface area contributed by atoms with E-state index in [1.165, 1.54) is 0 Å². The van der Waals surface area contributed by atoms with Gasteiger partial charge in [0.05, 0.1) is 88.5 Å². The summed E-state index contributed by atoms with van der Waals surface area (Å²) in [6.45, 7) is 11.2. The average Bonchev–Trinajstić information content (AvgIpc) is 3.32. The Labute approximate surface area is 393 Å². The molecule has 14 heteroatoms. The van der Waals surface area contributed by atoms with Crippen molar-refractivity contribution < 1.29 is 52.2 Å². The summed E-state index contributed by atoms with van der Waals surface area (Å²) in [5, 5.41) is 4.74. The van der Waals surface area contributed by atoms with Gasteiger partial charge in [-0.25, -0.2) is 14.8 Å². The maximum Gasteiger partial charge on any atom is 0.407 e. The zero-order valence-electron chi connectivity index (χ0n) is 38.9. The van der Waals surface area contributed by atoms with Gasteiger partial charge in [-0.1, -0.05) is 24.3 Å². The lowest BCUT2D eigenvalue weighted by molar-refractivity contribution is 0.00497. The van der Waals surface area contributed by atoms with Crippen molar-refractivity contribution in [1.82, 2.24) is 15.3 Å². The fourth-order valence-electron chi connectivity index (χ4n) is 7.11. The zero-order chi connectivity index (χ0) is 46.5. The lowest BCUT2D eigenvalue weighted by atomic mass is 10.1. The quantitative estimate of drug-likeness (QED) is 0.120. The number of hydrogen-bond acceptors (Lipinski definition) is 13. The van der Waals surface area contributed by atoms with Gasteiger partial charge in [-0.2, -0.15) is 0 Å². The first kappa shape index (κ1) is 48.7. The molecule has 14 nitrogen and oxygen atoms in total. The highest BCUT2D eigenvalue weighted by atomic mass is 16.6. The van der Waals surface area contributed by atoms with Crippen molar-refractivity contribution in [2.45, 2.75) is 52.1 Å². The van der Waals surface area contributed by atoms with Crippen molar-refractivity contribution in [3.8, 4) is 51.3 Å². The van der Waals surface area contributed by atoms with Crippen molar-refractivity contribution in [2.75, 3.05) is 92.4 Å². The van der Waals surface area contributed by atoms with E-state index in [9.17, 15) is 4.79 Å². The van der Waals surface area contributed by atoms with E-state index < -0.39 is 11.7 Å². The summed E-state index contributed by atoms with van der Waals surface area (Å²) in [6, 6.07) is 34.1. The smallest absolute Gasteiger partial charge is 0.407 e. The molecule has 0 saturated heterocycles. The first-order valence-corrected chi connectivity index (χ1v) is 23.2. The molecular weight excluding hydrogens is 855 g/mol. The van der Waals surface area contributed by atoms with Crippen LogP contribution in [0.3, 0.4) is 0 Å². The minimum Gasteiger partial charge on any atom is -0.494 e. The summed E-state index contributed by atoms with van der Waals surface area (Å²) in [5.74, 6) is 3.43. The molecule has 0 atom stereocenters. The number of fused-ring (bicyclic) bond motifs is 2. The zero-order valence-corrected chi connectivity index (χ0v) is 38.9. The van der Waals surface area contributed by atoms with E-state index in [0.29, 0.717) is 110 Å². The lowest BCUT2D eigenvalue weighted by Gasteiger charge is -2.19. The fraction of sp³-hybridized carbons (Fsp3) is 0.415. The maximum atomic E-state index is 11.9. The molecule has 5 heterocycles. The first-order chi connectivity index (χ1) is 32.8. The second-order valence-electron chi connectivity index (χ2n) is 16.8. The number of pyridine rings is 2. The summed E-state index contributed by atoms with van der Waals surface area (Å²) in [6.07, 6.45) is 3.34. The summed E-state index contributed by atoms with van der Waals surface area (Å²) in [7, 11) is 0. The van der Waals surface area contributed by atoms with E-state index in [2.05, 4.69) is 47.8 Å². The highest BCUT2D eigenvalue weighted by Gasteiger charge is 2.16. The van der Waals surface area contributed by atoms with E-state index in [1.54, 1.807) is 0 Å². The van der Waals surface area contributed by atoms with Crippen molar-refractivity contribution in [1.29, 1.82) is 0 Å². The topological polar surface area (TPSA) is 147 Å². The van der Waals surface area contributed by atoms with E-state index in [0.717, 1.165) is 81.5 Å². The van der Waals surface area contributed by atoms with Crippen molar-refractivity contribution in [3.63, 3.8) is 0 Å². The Bertz CT molecular complexity index is 2440. The number of nitrogens with one attached hydrogen (secondary N) is 1. The Morgan fingerprint density at radius 2 is 0.985 bits per heavy atom. The van der Waals surface area contributed by atoms with Gasteiger partial charge in [-0.15, -0.1) is 0 Å². The number of carbonyl (C=O) groups excluding carboxylic acids is 1. The van der Waals surface area contributed by atoms with Crippen LogP contribution < -0.4 is 29.0 Å². The molecule has 10 bridgehead atoms. The summed E-state index contributed by atoms with van der Waals surface area (Å²) >= 11 is 0. The number of rotatable bonds is 7. The van der Waals surface area contributed by atoms with Gasteiger partial charge < -0.3 is 52.7 Å². The standard InChI is InChI=1S/C53H63N3O11/c1-53(2,3)67-52(57)54-22-25-58-30-34-65-46-36-45-37-47(38-46)66-35-32-61-29-27-59-26-28-60-31-33-64-44-18-12-40(13-19-44)49-21-15-42-9-8-41-14-20-48(55-50(41)51(42)56-49)39-10-16-43(17-11-39)62-23-6-4-5-7-24-63-45/h8-21,36-38H,4-7,22-35H2,1-3H3,(H,54,57). The van der Waals surface area contributed by atoms with Gasteiger partial charge in [0.2, 0.25) is 0 Å². The largest absolute Gasteiger partial charge is 0.494 e. The van der Waals surface area contributed by atoms with Crippen molar-refractivity contribution in [3.05, 3.63) is 103 Å². The number of hydrogen-bond donors (Lipinski definition) is 1. The van der Waals surface area contributed by atoms with Crippen molar-refractivity contribution in [2.24, 2.45) is 0 Å². The van der Waals surface area contributed by atoms with Crippen LogP contribution >= 0.6 is 0 Å². The second-order valence-corrected chi connectivity index (χ2v) is 16.8. The molecule has 4 aromatic carbocycles. The molecule has 2 aromatic heterocycles. The molecule has 0 radical (unpaired) electrons. The molecule has 9 rings (SSSR count). The third-order valence-electron chi connectivity index (χ3n) is 10.4. The van der Waals surface area contributed by atoms with Crippen LogP contribution in [0.25, 0.3) is 44.3 Å². The number of alkyl carbamates (subject to hydrolysis) is 1. The van der Waals surface area contributed by atoms with Gasteiger partial charge in [-0.3, -0.25) is 0 Å².